The highest BCUT2D eigenvalue weighted by molar-refractivity contribution is 5.84. The highest BCUT2D eigenvalue weighted by Gasteiger charge is 2.15. The smallest absolute Gasteiger partial charge is 0.325 e. The van der Waals surface area contributed by atoms with Crippen LogP contribution in [0.15, 0.2) is 42.7 Å². The van der Waals surface area contributed by atoms with Crippen molar-refractivity contribution in [2.75, 3.05) is 12.4 Å². The Hall–Kier alpha value is -2.56. The molecule has 0 spiro atoms. The zero-order chi connectivity index (χ0) is 14.5. The quantitative estimate of drug-likeness (QED) is 0.875. The zero-order valence-electron chi connectivity index (χ0n) is 11.3. The molecule has 0 aliphatic carbocycles. The standard InChI is InChI=1S/C15H16N2O3/c1-10(15(18)19)17-13-9-16-8-7-11(13)12-5-3-4-6-14(12)20-2/h3-10,17H,1-2H3,(H,18,19)/t10-/m0/s1. The van der Waals surface area contributed by atoms with Gasteiger partial charge in [0.1, 0.15) is 11.8 Å². The molecule has 2 N–H and O–H groups in total. The number of para-hydroxylation sites is 1. The third-order valence-electron chi connectivity index (χ3n) is 2.96. The summed E-state index contributed by atoms with van der Waals surface area (Å²) in [5, 5.41) is 11.9. The maximum atomic E-state index is 11.0. The molecule has 5 nitrogen and oxygen atoms in total. The molecular weight excluding hydrogens is 256 g/mol. The van der Waals surface area contributed by atoms with E-state index >= 15 is 0 Å². The highest BCUT2D eigenvalue weighted by atomic mass is 16.5. The molecule has 1 atom stereocenters. The molecule has 0 fully saturated rings. The molecule has 0 unspecified atom stereocenters. The van der Waals surface area contributed by atoms with E-state index in [9.17, 15) is 4.79 Å². The number of hydrogen-bond acceptors (Lipinski definition) is 4. The Morgan fingerprint density at radius 2 is 2.05 bits per heavy atom. The number of carboxylic acids is 1. The molecule has 1 aromatic carbocycles. The maximum absolute atomic E-state index is 11.0. The summed E-state index contributed by atoms with van der Waals surface area (Å²) in [5.74, 6) is -0.190. The second-order valence-corrected chi connectivity index (χ2v) is 4.33. The lowest BCUT2D eigenvalue weighted by Gasteiger charge is -2.16. The second kappa shape index (κ2) is 6.06. The summed E-state index contributed by atoms with van der Waals surface area (Å²) in [6, 6.07) is 8.70. The molecule has 1 heterocycles. The van der Waals surface area contributed by atoms with Gasteiger partial charge in [-0.15, -0.1) is 0 Å². The van der Waals surface area contributed by atoms with Crippen LogP contribution in [-0.2, 0) is 4.79 Å². The number of hydrogen-bond donors (Lipinski definition) is 2. The predicted octanol–water partition coefficient (Wildman–Crippen LogP) is 2.64. The van der Waals surface area contributed by atoms with Crippen LogP contribution in [0.1, 0.15) is 6.92 Å². The highest BCUT2D eigenvalue weighted by Crippen LogP contribution is 2.34. The number of carboxylic acid groups (broad SMARTS) is 1. The minimum absolute atomic E-state index is 0.659. The lowest BCUT2D eigenvalue weighted by Crippen LogP contribution is -2.25. The van der Waals surface area contributed by atoms with Crippen LogP contribution in [0.5, 0.6) is 5.75 Å². The van der Waals surface area contributed by atoms with Gasteiger partial charge < -0.3 is 15.2 Å². The third kappa shape index (κ3) is 2.88. The van der Waals surface area contributed by atoms with Gasteiger partial charge in [-0.3, -0.25) is 9.78 Å². The number of benzene rings is 1. The van der Waals surface area contributed by atoms with Crippen molar-refractivity contribution in [3.05, 3.63) is 42.7 Å². The van der Waals surface area contributed by atoms with Crippen LogP contribution in [0.2, 0.25) is 0 Å². The molecule has 2 rings (SSSR count). The minimum Gasteiger partial charge on any atom is -0.496 e. The van der Waals surface area contributed by atoms with Gasteiger partial charge >= 0.3 is 5.97 Å². The van der Waals surface area contributed by atoms with Gasteiger partial charge in [0, 0.05) is 17.3 Å². The molecular formula is C15H16N2O3. The fourth-order valence-corrected chi connectivity index (χ4v) is 1.91. The molecule has 5 heteroatoms. The number of rotatable bonds is 5. The lowest BCUT2D eigenvalue weighted by molar-refractivity contribution is -0.137. The molecule has 0 amide bonds. The van der Waals surface area contributed by atoms with Crippen molar-refractivity contribution in [2.45, 2.75) is 13.0 Å². The number of aliphatic carboxylic acids is 1. The summed E-state index contributed by atoms with van der Waals surface area (Å²) in [4.78, 5) is 15.0. The summed E-state index contributed by atoms with van der Waals surface area (Å²) in [5.41, 5.74) is 2.40. The van der Waals surface area contributed by atoms with Gasteiger partial charge in [0.25, 0.3) is 0 Å². The van der Waals surface area contributed by atoms with Crippen LogP contribution in [0.3, 0.4) is 0 Å². The molecule has 0 aliphatic heterocycles. The summed E-state index contributed by atoms with van der Waals surface area (Å²) >= 11 is 0. The molecule has 2 aromatic rings. The maximum Gasteiger partial charge on any atom is 0.325 e. The van der Waals surface area contributed by atoms with Crippen LogP contribution in [0, 0.1) is 0 Å². The van der Waals surface area contributed by atoms with E-state index in [-0.39, 0.29) is 0 Å². The molecule has 0 radical (unpaired) electrons. The Kier molecular flexibility index (Phi) is 4.20. The molecule has 1 aromatic heterocycles. The first-order valence-corrected chi connectivity index (χ1v) is 6.20. The minimum atomic E-state index is -0.917. The van der Waals surface area contributed by atoms with E-state index in [1.807, 2.05) is 30.3 Å². The van der Waals surface area contributed by atoms with E-state index in [4.69, 9.17) is 9.84 Å². The van der Waals surface area contributed by atoms with Crippen LogP contribution in [0.4, 0.5) is 5.69 Å². The van der Waals surface area contributed by atoms with Crippen LogP contribution in [0.25, 0.3) is 11.1 Å². The van der Waals surface area contributed by atoms with Gasteiger partial charge in [-0.1, -0.05) is 18.2 Å². The number of anilines is 1. The van der Waals surface area contributed by atoms with Gasteiger partial charge in [-0.05, 0) is 19.1 Å². The first kappa shape index (κ1) is 13.9. The van der Waals surface area contributed by atoms with Gasteiger partial charge in [0.15, 0.2) is 0 Å². The molecule has 20 heavy (non-hydrogen) atoms. The Labute approximate surface area is 117 Å². The zero-order valence-corrected chi connectivity index (χ0v) is 11.3. The first-order valence-electron chi connectivity index (χ1n) is 6.20. The third-order valence-corrected chi connectivity index (χ3v) is 2.96. The topological polar surface area (TPSA) is 71.5 Å². The normalized spacial score (nSPS) is 11.7. The van der Waals surface area contributed by atoms with E-state index in [1.54, 1.807) is 26.4 Å². The number of nitrogens with one attached hydrogen (secondary N) is 1. The number of pyridine rings is 1. The Morgan fingerprint density at radius 3 is 2.75 bits per heavy atom. The first-order chi connectivity index (χ1) is 9.63. The largest absolute Gasteiger partial charge is 0.496 e. The van der Waals surface area contributed by atoms with Gasteiger partial charge in [0.2, 0.25) is 0 Å². The Morgan fingerprint density at radius 1 is 1.30 bits per heavy atom. The number of nitrogens with zero attached hydrogens (tertiary/aromatic N) is 1. The fraction of sp³-hybridized carbons (Fsp3) is 0.200. The second-order valence-electron chi connectivity index (χ2n) is 4.33. The van der Waals surface area contributed by atoms with Crippen molar-refractivity contribution in [1.29, 1.82) is 0 Å². The van der Waals surface area contributed by atoms with Crippen molar-refractivity contribution in [3.63, 3.8) is 0 Å². The average molecular weight is 272 g/mol. The molecule has 0 aliphatic rings. The number of carbonyl (C=O) groups is 1. The summed E-state index contributed by atoms with van der Waals surface area (Å²) in [6.07, 6.45) is 3.28. The van der Waals surface area contributed by atoms with E-state index in [0.717, 1.165) is 16.9 Å². The SMILES string of the molecule is COc1ccccc1-c1ccncc1N[C@@H](C)C(=O)O. The van der Waals surface area contributed by atoms with E-state index in [1.165, 1.54) is 0 Å². The predicted molar refractivity (Wildman–Crippen MR) is 76.9 cm³/mol. The summed E-state index contributed by atoms with van der Waals surface area (Å²) in [7, 11) is 1.60. The summed E-state index contributed by atoms with van der Waals surface area (Å²) < 4.78 is 5.34. The van der Waals surface area contributed by atoms with Crippen molar-refractivity contribution in [1.82, 2.24) is 4.98 Å². The van der Waals surface area contributed by atoms with Crippen molar-refractivity contribution in [2.24, 2.45) is 0 Å². The molecule has 104 valence electrons. The Balaban J connectivity index is 2.44. The molecule has 0 bridgehead atoms. The molecule has 0 saturated heterocycles. The van der Waals surface area contributed by atoms with Crippen molar-refractivity contribution >= 4 is 11.7 Å². The lowest BCUT2D eigenvalue weighted by atomic mass is 10.0. The number of methoxy groups -OCH3 is 1. The van der Waals surface area contributed by atoms with E-state index in [0.29, 0.717) is 5.69 Å². The van der Waals surface area contributed by atoms with Crippen molar-refractivity contribution < 1.29 is 14.6 Å². The molecule has 0 saturated carbocycles. The van der Waals surface area contributed by atoms with Crippen LogP contribution < -0.4 is 10.1 Å². The summed E-state index contributed by atoms with van der Waals surface area (Å²) in [6.45, 7) is 1.58. The van der Waals surface area contributed by atoms with E-state index in [2.05, 4.69) is 10.3 Å². The van der Waals surface area contributed by atoms with E-state index < -0.39 is 12.0 Å². The monoisotopic (exact) mass is 272 g/mol. The Bertz CT molecular complexity index is 614. The average Bonchev–Trinajstić information content (AvgIpc) is 2.47. The van der Waals surface area contributed by atoms with Crippen LogP contribution >= 0.6 is 0 Å². The number of ether oxygens (including phenoxy) is 1. The van der Waals surface area contributed by atoms with Gasteiger partial charge in [-0.2, -0.15) is 0 Å². The number of aromatic nitrogens is 1. The van der Waals surface area contributed by atoms with Gasteiger partial charge in [-0.25, -0.2) is 0 Å². The van der Waals surface area contributed by atoms with Gasteiger partial charge in [0.05, 0.1) is 19.0 Å². The van der Waals surface area contributed by atoms with Crippen LogP contribution in [-0.4, -0.2) is 29.2 Å². The fourth-order valence-electron chi connectivity index (χ4n) is 1.91. The van der Waals surface area contributed by atoms with Crippen molar-refractivity contribution in [3.8, 4) is 16.9 Å².